The fraction of sp³-hybridized carbons (Fsp3) is 0.357. The van der Waals surface area contributed by atoms with Crippen LogP contribution < -0.4 is 11.1 Å². The second kappa shape index (κ2) is 8.31. The van der Waals surface area contributed by atoms with E-state index in [9.17, 15) is 0 Å². The quantitative estimate of drug-likeness (QED) is 0.456. The molecule has 0 amide bonds. The molecule has 0 radical (unpaired) electrons. The first-order chi connectivity index (χ1) is 9.15. The van der Waals surface area contributed by atoms with Gasteiger partial charge in [-0.1, -0.05) is 6.07 Å². The summed E-state index contributed by atoms with van der Waals surface area (Å²) in [7, 11) is 0. The Morgan fingerprint density at radius 1 is 1.45 bits per heavy atom. The predicted octanol–water partition coefficient (Wildman–Crippen LogP) is 3.22. The minimum atomic E-state index is 0. The van der Waals surface area contributed by atoms with Crippen molar-refractivity contribution < 1.29 is 4.42 Å². The molecule has 0 bridgehead atoms. The van der Waals surface area contributed by atoms with Crippen molar-refractivity contribution in [3.63, 3.8) is 0 Å². The Morgan fingerprint density at radius 2 is 2.25 bits per heavy atom. The smallest absolute Gasteiger partial charge is 0.188 e. The van der Waals surface area contributed by atoms with Crippen molar-refractivity contribution in [2.45, 2.75) is 26.8 Å². The van der Waals surface area contributed by atoms with Gasteiger partial charge in [-0.3, -0.25) is 0 Å². The van der Waals surface area contributed by atoms with Gasteiger partial charge in [0.1, 0.15) is 11.5 Å². The number of guanidine groups is 1. The second-order valence-electron chi connectivity index (χ2n) is 4.40. The van der Waals surface area contributed by atoms with E-state index in [0.29, 0.717) is 12.5 Å². The van der Waals surface area contributed by atoms with Gasteiger partial charge < -0.3 is 15.5 Å². The highest BCUT2D eigenvalue weighted by atomic mass is 127. The van der Waals surface area contributed by atoms with Crippen LogP contribution in [0.4, 0.5) is 0 Å². The van der Waals surface area contributed by atoms with Crippen molar-refractivity contribution in [2.24, 2.45) is 10.7 Å². The molecule has 0 aromatic carbocycles. The number of nitrogens with zero attached hydrogens (tertiary/aromatic N) is 1. The summed E-state index contributed by atoms with van der Waals surface area (Å²) in [5.41, 5.74) is 6.91. The summed E-state index contributed by atoms with van der Waals surface area (Å²) in [5.74, 6) is 2.30. The molecule has 0 saturated heterocycles. The van der Waals surface area contributed by atoms with E-state index >= 15 is 0 Å². The zero-order valence-electron chi connectivity index (χ0n) is 11.7. The Bertz CT molecular complexity index is 549. The van der Waals surface area contributed by atoms with Gasteiger partial charge in [-0.15, -0.1) is 35.3 Å². The third-order valence-electron chi connectivity index (χ3n) is 2.82. The Hall–Kier alpha value is -1.02. The van der Waals surface area contributed by atoms with Crippen molar-refractivity contribution in [3.05, 3.63) is 45.5 Å². The maximum Gasteiger partial charge on any atom is 0.188 e. The predicted molar refractivity (Wildman–Crippen MR) is 94.9 cm³/mol. The van der Waals surface area contributed by atoms with E-state index in [2.05, 4.69) is 27.8 Å². The van der Waals surface area contributed by atoms with E-state index in [1.54, 1.807) is 11.3 Å². The van der Waals surface area contributed by atoms with Gasteiger partial charge in [0.05, 0.1) is 6.54 Å². The largest absolute Gasteiger partial charge is 0.466 e. The van der Waals surface area contributed by atoms with Crippen LogP contribution >= 0.6 is 35.3 Å². The van der Waals surface area contributed by atoms with Crippen LogP contribution in [0.15, 0.2) is 33.0 Å². The molecule has 0 atom stereocenters. The molecule has 0 spiro atoms. The molecule has 6 heteroatoms. The van der Waals surface area contributed by atoms with E-state index in [1.165, 1.54) is 4.88 Å². The normalized spacial score (nSPS) is 11.2. The molecule has 20 heavy (non-hydrogen) atoms. The van der Waals surface area contributed by atoms with Gasteiger partial charge in [-0.25, -0.2) is 4.99 Å². The lowest BCUT2D eigenvalue weighted by Crippen LogP contribution is -2.33. The van der Waals surface area contributed by atoms with E-state index in [-0.39, 0.29) is 24.0 Å². The number of halogens is 1. The van der Waals surface area contributed by atoms with Crippen LogP contribution in [-0.2, 0) is 13.0 Å². The van der Waals surface area contributed by atoms with Gasteiger partial charge in [0.2, 0.25) is 0 Å². The van der Waals surface area contributed by atoms with Crippen molar-refractivity contribution in [1.29, 1.82) is 0 Å². The summed E-state index contributed by atoms with van der Waals surface area (Å²) in [4.78, 5) is 5.66. The molecule has 4 nitrogen and oxygen atoms in total. The Kier molecular flexibility index (Phi) is 7.08. The molecular weight excluding hydrogens is 385 g/mol. The van der Waals surface area contributed by atoms with E-state index in [0.717, 1.165) is 30.0 Å². The molecule has 110 valence electrons. The summed E-state index contributed by atoms with van der Waals surface area (Å²) < 4.78 is 5.45. The van der Waals surface area contributed by atoms with Gasteiger partial charge in [-0.2, -0.15) is 0 Å². The average molecular weight is 405 g/mol. The molecular formula is C14H20IN3OS. The average Bonchev–Trinajstić information content (AvgIpc) is 2.97. The Balaban J connectivity index is 0.00000200. The number of aryl methyl sites for hydroxylation is 2. The molecule has 0 aliphatic heterocycles. The van der Waals surface area contributed by atoms with Crippen molar-refractivity contribution >= 4 is 41.3 Å². The monoisotopic (exact) mass is 405 g/mol. The molecule has 2 aromatic heterocycles. The van der Waals surface area contributed by atoms with Crippen LogP contribution in [0.25, 0.3) is 0 Å². The minimum absolute atomic E-state index is 0. The number of hydrogen-bond acceptors (Lipinski definition) is 3. The van der Waals surface area contributed by atoms with Crippen LogP contribution in [0.5, 0.6) is 0 Å². The maximum absolute atomic E-state index is 5.83. The van der Waals surface area contributed by atoms with Crippen molar-refractivity contribution in [2.75, 3.05) is 6.54 Å². The van der Waals surface area contributed by atoms with Gasteiger partial charge in [0.25, 0.3) is 0 Å². The summed E-state index contributed by atoms with van der Waals surface area (Å²) >= 11 is 1.76. The van der Waals surface area contributed by atoms with Gasteiger partial charge in [0.15, 0.2) is 5.96 Å². The molecule has 2 aromatic rings. The fourth-order valence-corrected chi connectivity index (χ4v) is 2.54. The highest BCUT2D eigenvalue weighted by molar-refractivity contribution is 14.0. The third kappa shape index (κ3) is 5.16. The summed E-state index contributed by atoms with van der Waals surface area (Å²) in [6.07, 6.45) is 0.970. The number of nitrogens with one attached hydrogen (secondary N) is 1. The first-order valence-electron chi connectivity index (χ1n) is 6.27. The molecule has 0 aliphatic rings. The van der Waals surface area contributed by atoms with Crippen molar-refractivity contribution in [3.8, 4) is 0 Å². The molecule has 0 aliphatic carbocycles. The summed E-state index contributed by atoms with van der Waals surface area (Å²) in [6.45, 7) is 5.24. The zero-order chi connectivity index (χ0) is 13.7. The first-order valence-corrected chi connectivity index (χ1v) is 7.15. The zero-order valence-corrected chi connectivity index (χ0v) is 14.8. The summed E-state index contributed by atoms with van der Waals surface area (Å²) in [6, 6.07) is 6.18. The lowest BCUT2D eigenvalue weighted by molar-refractivity contribution is 0.501. The number of rotatable bonds is 5. The number of thiophene rings is 1. The topological polar surface area (TPSA) is 63.5 Å². The van der Waals surface area contributed by atoms with E-state index in [4.69, 9.17) is 10.2 Å². The lowest BCUT2D eigenvalue weighted by Gasteiger charge is -2.04. The lowest BCUT2D eigenvalue weighted by atomic mass is 10.2. The number of hydrogen-bond donors (Lipinski definition) is 2. The third-order valence-corrected chi connectivity index (χ3v) is 3.76. The van der Waals surface area contributed by atoms with Crippen LogP contribution in [0, 0.1) is 13.8 Å². The fourth-order valence-electron chi connectivity index (χ4n) is 1.84. The van der Waals surface area contributed by atoms with Crippen LogP contribution in [0.3, 0.4) is 0 Å². The number of nitrogens with two attached hydrogens (primary N) is 1. The Morgan fingerprint density at radius 3 is 2.85 bits per heavy atom. The molecule has 3 N–H and O–H groups in total. The second-order valence-corrected chi connectivity index (χ2v) is 5.43. The van der Waals surface area contributed by atoms with Crippen LogP contribution in [-0.4, -0.2) is 12.5 Å². The highest BCUT2D eigenvalue weighted by Gasteiger charge is 2.03. The summed E-state index contributed by atoms with van der Waals surface area (Å²) in [5, 5.41) is 5.20. The molecule has 0 unspecified atom stereocenters. The molecule has 2 rings (SSSR count). The molecule has 2 heterocycles. The standard InChI is InChI=1S/C14H19N3OS.HI/c1-10-8-12(11(2)18-10)9-17-14(15)16-6-5-13-4-3-7-19-13;/h3-4,7-8H,5-6,9H2,1-2H3,(H3,15,16,17);1H. The minimum Gasteiger partial charge on any atom is -0.466 e. The van der Waals surface area contributed by atoms with Crippen LogP contribution in [0.1, 0.15) is 22.0 Å². The first kappa shape index (κ1) is 17.0. The van der Waals surface area contributed by atoms with Gasteiger partial charge in [0, 0.05) is 17.0 Å². The SMILES string of the molecule is Cc1cc(CN=C(N)NCCc2cccs2)c(C)o1.I. The molecule has 0 saturated carbocycles. The maximum atomic E-state index is 5.83. The van der Waals surface area contributed by atoms with E-state index in [1.807, 2.05) is 19.9 Å². The Labute approximate surface area is 140 Å². The van der Waals surface area contributed by atoms with Crippen molar-refractivity contribution in [1.82, 2.24) is 5.32 Å². The van der Waals surface area contributed by atoms with Crippen LogP contribution in [0.2, 0.25) is 0 Å². The van der Waals surface area contributed by atoms with E-state index < -0.39 is 0 Å². The number of furan rings is 1. The van der Waals surface area contributed by atoms with Gasteiger partial charge >= 0.3 is 0 Å². The highest BCUT2D eigenvalue weighted by Crippen LogP contribution is 2.14. The number of aliphatic imine (C=N–C) groups is 1. The molecule has 0 fully saturated rings. The van der Waals surface area contributed by atoms with Gasteiger partial charge in [-0.05, 0) is 37.8 Å².